The minimum absolute atomic E-state index is 0.250. The van der Waals surface area contributed by atoms with E-state index in [1.165, 1.54) is 0 Å². The highest BCUT2D eigenvalue weighted by Gasteiger charge is 1.19. The Kier molecular flexibility index (Phi) is 12800. The molecule has 0 aromatic heterocycles. The van der Waals surface area contributed by atoms with E-state index >= 15 is 0 Å². The molecule has 0 spiro atoms. The molecule has 0 aromatic carbocycles. The molecule has 1 amide bonds. The average Bonchev–Trinajstić information content (AvgIpc) is 1.46. The third-order valence-corrected chi connectivity index (χ3v) is 0. The highest BCUT2D eigenvalue weighted by molar-refractivity contribution is 5.42. The molecule has 2 N–H and O–H groups in total. The lowest BCUT2D eigenvalue weighted by atomic mass is 11.5. The molecule has 28 valence electrons. The van der Waals surface area contributed by atoms with Crippen molar-refractivity contribution in [3.8, 4) is 0 Å². The number of nitrogens with two attached hydrogens (primary N) is 1. The second-order valence-corrected chi connectivity index (χ2v) is 0.136. The van der Waals surface area contributed by atoms with E-state index in [2.05, 4.69) is 5.73 Å². The Balaban J connectivity index is 0. The van der Waals surface area contributed by atoms with Crippen molar-refractivity contribution in [1.29, 1.82) is 5.26 Å². The molecule has 5 heavy (non-hydrogen) atoms. The summed E-state index contributed by atoms with van der Waals surface area (Å²) in [6.45, 7) is 4.75. The number of rotatable bonds is 0. The number of amides is 1. The molecule has 0 saturated carbocycles. The highest BCUT2D eigenvalue weighted by Crippen LogP contribution is 0.798. The van der Waals surface area contributed by atoms with E-state index in [4.69, 9.17) is 16.6 Å². The second-order valence-electron chi connectivity index (χ2n) is 0.136. The van der Waals surface area contributed by atoms with Crippen molar-refractivity contribution in [1.82, 2.24) is 0 Å². The second kappa shape index (κ2) is 7110. The summed E-state index contributed by atoms with van der Waals surface area (Å²) in [6, 6.07) is 0. The molecule has 0 unspecified atom stereocenters. The van der Waals surface area contributed by atoms with E-state index in [0.717, 1.165) is 0 Å². The Bertz CT molecular complexity index is 31.9. The van der Waals surface area contributed by atoms with E-state index in [9.17, 15) is 0 Å². The Morgan fingerprint density at radius 1 is 1.80 bits per heavy atom. The smallest absolute Gasteiger partial charge is 0.204 e. The van der Waals surface area contributed by atoms with E-state index in [0.29, 0.717) is 0 Å². The lowest BCUT2D eigenvalue weighted by Gasteiger charge is -1.32. The summed E-state index contributed by atoms with van der Waals surface area (Å²) < 4.78 is 0. The van der Waals surface area contributed by atoms with Gasteiger partial charge in [0.15, 0.2) is 0 Å². The van der Waals surface area contributed by atoms with Crippen LogP contribution in [0, 0.1) is 11.8 Å². The summed E-state index contributed by atoms with van der Waals surface area (Å²) in [5.74, 6) is 0. The number of hydrogen-bond donors (Lipinski definition) is 1. The molecule has 0 aromatic rings. The van der Waals surface area contributed by atoms with Crippen LogP contribution < -0.4 is 5.73 Å². The first-order chi connectivity index (χ1) is 2.41. The van der Waals surface area contributed by atoms with Gasteiger partial charge < -0.3 is 17.6 Å². The van der Waals surface area contributed by atoms with Crippen molar-refractivity contribution in [3.63, 3.8) is 0 Å². The summed E-state index contributed by atoms with van der Waals surface area (Å²) in [4.78, 5) is 8.58. The highest BCUT2D eigenvalue weighted by atomic mass is 16.1. The number of nitrogens with zero attached hydrogens (tertiary/aromatic N) is 1. The Labute approximate surface area is 30.0 Å². The molecule has 0 fully saturated rings. The molecule has 0 saturated heterocycles. The minimum Gasteiger partial charge on any atom is -0.512 e. The molecule has 0 aliphatic rings. The number of hydrogen-bond acceptors (Lipinski definition) is 2. The fourth-order valence-corrected chi connectivity index (χ4v) is 0. The first kappa shape index (κ1) is 9.03. The van der Waals surface area contributed by atoms with Gasteiger partial charge in [0.1, 0.15) is 0 Å². The minimum atomic E-state index is 0.250. The van der Waals surface area contributed by atoms with E-state index < -0.39 is 0 Å². The van der Waals surface area contributed by atoms with Crippen LogP contribution >= 0.6 is 0 Å². The molecule has 0 aliphatic carbocycles. The van der Waals surface area contributed by atoms with Crippen LogP contribution in [0.5, 0.6) is 0 Å². The summed E-state index contributed by atoms with van der Waals surface area (Å²) in [6.07, 6.45) is 0.250. The Hall–Kier alpha value is -1.04. The molecule has 0 heterocycles. The quantitative estimate of drug-likeness (QED) is 0.300. The number of carbonyl (C=O) groups is 1. The summed E-state index contributed by atoms with van der Waals surface area (Å²) in [5, 5.41) is 6.25. The molecular formula is C2H3N2O-. The van der Waals surface area contributed by atoms with E-state index in [1.54, 1.807) is 0 Å². The normalized spacial score (nSPS) is 2.80. The van der Waals surface area contributed by atoms with Gasteiger partial charge in [-0.1, -0.05) is 0 Å². The molecule has 3 nitrogen and oxygen atoms in total. The first-order valence-corrected chi connectivity index (χ1v) is 0.793. The van der Waals surface area contributed by atoms with Gasteiger partial charge in [-0.05, 0) is 0 Å². The van der Waals surface area contributed by atoms with Crippen molar-refractivity contribution < 1.29 is 4.79 Å². The molecule has 0 radical (unpaired) electrons. The van der Waals surface area contributed by atoms with Crippen molar-refractivity contribution in [2.45, 2.75) is 0 Å². The van der Waals surface area contributed by atoms with Gasteiger partial charge in [-0.25, -0.2) is 0 Å². The largest absolute Gasteiger partial charge is 0.512 e. The molecule has 0 aliphatic heterocycles. The average molecular weight is 71.1 g/mol. The maximum Gasteiger partial charge on any atom is 0.204 e. The van der Waals surface area contributed by atoms with Gasteiger partial charge in [-0.15, -0.1) is 0 Å². The van der Waals surface area contributed by atoms with Crippen molar-refractivity contribution >= 4 is 6.41 Å². The van der Waals surface area contributed by atoms with Gasteiger partial charge in [0.25, 0.3) is 0 Å². The van der Waals surface area contributed by atoms with Gasteiger partial charge in [0.05, 0.1) is 0 Å². The standard InChI is InChI=1S/CH3NO.CN/c2-1-3;1-2/h1H,(H2,2,3);/q;-1. The zero-order chi connectivity index (χ0) is 4.71. The number of primary amides is 1. The molecule has 0 bridgehead atoms. The monoisotopic (exact) mass is 71.0 g/mol. The SMILES string of the molecule is NC=O.[C-]#N. The lowest BCUT2D eigenvalue weighted by Crippen LogP contribution is -1.82. The van der Waals surface area contributed by atoms with Gasteiger partial charge in [0, 0.05) is 0 Å². The topological polar surface area (TPSA) is 66.9 Å². The van der Waals surface area contributed by atoms with Crippen LogP contribution in [0.2, 0.25) is 0 Å². The predicted octanol–water partition coefficient (Wildman–Crippen LogP) is -0.802. The molecule has 0 rings (SSSR count). The maximum absolute atomic E-state index is 8.58. The summed E-state index contributed by atoms with van der Waals surface area (Å²) in [7, 11) is 0. The molecule has 0 atom stereocenters. The van der Waals surface area contributed by atoms with Crippen molar-refractivity contribution in [2.24, 2.45) is 5.73 Å². The van der Waals surface area contributed by atoms with E-state index in [-0.39, 0.29) is 6.41 Å². The van der Waals surface area contributed by atoms with Crippen molar-refractivity contribution in [2.75, 3.05) is 0 Å². The van der Waals surface area contributed by atoms with E-state index in [1.807, 2.05) is 0 Å². The summed E-state index contributed by atoms with van der Waals surface area (Å²) in [5.41, 5.74) is 4.17. The van der Waals surface area contributed by atoms with Crippen molar-refractivity contribution in [3.05, 3.63) is 6.57 Å². The van der Waals surface area contributed by atoms with Crippen LogP contribution in [0.1, 0.15) is 0 Å². The van der Waals surface area contributed by atoms with Crippen LogP contribution in [-0.4, -0.2) is 6.41 Å². The Morgan fingerprint density at radius 2 is 1.80 bits per heavy atom. The van der Waals surface area contributed by atoms with Gasteiger partial charge in [-0.3, -0.25) is 4.79 Å². The Morgan fingerprint density at radius 3 is 1.80 bits per heavy atom. The maximum atomic E-state index is 8.58. The molecule has 3 heteroatoms. The van der Waals surface area contributed by atoms with Gasteiger partial charge in [-0.2, -0.15) is 0 Å². The van der Waals surface area contributed by atoms with Crippen LogP contribution in [0.4, 0.5) is 0 Å². The third-order valence-electron chi connectivity index (χ3n) is 0. The zero-order valence-electron chi connectivity index (χ0n) is 2.51. The fraction of sp³-hybridized carbons (Fsp3) is 0. The summed E-state index contributed by atoms with van der Waals surface area (Å²) >= 11 is 0. The van der Waals surface area contributed by atoms with Crippen LogP contribution in [0.3, 0.4) is 0 Å². The zero-order valence-corrected chi connectivity index (χ0v) is 2.51. The van der Waals surface area contributed by atoms with Crippen LogP contribution in [-0.2, 0) is 4.79 Å². The van der Waals surface area contributed by atoms with Gasteiger partial charge in [0.2, 0.25) is 6.41 Å². The van der Waals surface area contributed by atoms with Crippen LogP contribution in [0.25, 0.3) is 0 Å². The predicted molar refractivity (Wildman–Crippen MR) is 15.2 cm³/mol. The lowest BCUT2D eigenvalue weighted by molar-refractivity contribution is -0.106. The van der Waals surface area contributed by atoms with Gasteiger partial charge >= 0.3 is 0 Å². The molecular weight excluding hydrogens is 68.0 g/mol. The fourth-order valence-electron chi connectivity index (χ4n) is 0. The third kappa shape index (κ3) is 2.52. The first-order valence-electron chi connectivity index (χ1n) is 0.793. The number of carbonyl (C=O) groups excluding carboxylic acids is 1. The van der Waals surface area contributed by atoms with Crippen LogP contribution in [0.15, 0.2) is 0 Å².